The van der Waals surface area contributed by atoms with Crippen LogP contribution in [0.2, 0.25) is 0 Å². The molecule has 0 aliphatic heterocycles. The van der Waals surface area contributed by atoms with E-state index in [1.165, 1.54) is 19.2 Å². The second-order valence-corrected chi connectivity index (χ2v) is 5.59. The molecule has 3 N–H and O–H groups in total. The number of anilines is 1. The van der Waals surface area contributed by atoms with Gasteiger partial charge in [0.05, 0.1) is 19.6 Å². The molecule has 6 nitrogen and oxygen atoms in total. The lowest BCUT2D eigenvalue weighted by Gasteiger charge is -2.16. The van der Waals surface area contributed by atoms with Crippen LogP contribution in [-0.2, 0) is 11.2 Å². The molecular formula is C17H21FN4O2. The molecule has 24 heavy (non-hydrogen) atoms. The average molecular weight is 332 g/mol. The van der Waals surface area contributed by atoms with E-state index in [1.54, 1.807) is 26.8 Å². The van der Waals surface area contributed by atoms with Crippen molar-refractivity contribution in [2.45, 2.75) is 33.2 Å². The highest BCUT2D eigenvalue weighted by Crippen LogP contribution is 2.22. The summed E-state index contributed by atoms with van der Waals surface area (Å²) in [6.07, 6.45) is 0.140. The highest BCUT2D eigenvalue weighted by molar-refractivity contribution is 5.79. The first-order valence-corrected chi connectivity index (χ1v) is 7.54. The molecule has 1 aromatic heterocycles. The Hall–Kier alpha value is -2.70. The maximum Gasteiger partial charge on any atom is 0.225 e. The molecule has 0 radical (unpaired) electrons. The van der Waals surface area contributed by atoms with Gasteiger partial charge in [0, 0.05) is 17.0 Å². The Kier molecular flexibility index (Phi) is 5.33. The Morgan fingerprint density at radius 3 is 2.50 bits per heavy atom. The minimum atomic E-state index is -0.463. The Balaban J connectivity index is 2.08. The van der Waals surface area contributed by atoms with Crippen LogP contribution < -0.4 is 15.8 Å². The van der Waals surface area contributed by atoms with Crippen LogP contribution in [0.5, 0.6) is 5.75 Å². The number of nitrogens with one attached hydrogen (secondary N) is 1. The van der Waals surface area contributed by atoms with Gasteiger partial charge in [0.2, 0.25) is 11.9 Å². The van der Waals surface area contributed by atoms with Crippen molar-refractivity contribution in [3.63, 3.8) is 0 Å². The van der Waals surface area contributed by atoms with E-state index in [0.717, 1.165) is 5.56 Å². The fourth-order valence-corrected chi connectivity index (χ4v) is 2.51. The van der Waals surface area contributed by atoms with E-state index in [2.05, 4.69) is 15.3 Å². The van der Waals surface area contributed by atoms with E-state index in [9.17, 15) is 9.18 Å². The number of carbonyl (C=O) groups is 1. The number of aryl methyl sites for hydroxylation is 2. The predicted octanol–water partition coefficient (Wildman–Crippen LogP) is 2.24. The third-order valence-corrected chi connectivity index (χ3v) is 3.83. The second-order valence-electron chi connectivity index (χ2n) is 5.59. The number of nitrogens with two attached hydrogens (primary N) is 1. The molecule has 0 unspecified atom stereocenters. The van der Waals surface area contributed by atoms with Crippen molar-refractivity contribution in [1.29, 1.82) is 0 Å². The summed E-state index contributed by atoms with van der Waals surface area (Å²) in [6, 6.07) is 4.27. The SMILES string of the molecule is COc1ccc([C@@H](C)NC(=O)Cc2c(C)nc(N)nc2C)cc1F. The van der Waals surface area contributed by atoms with Crippen molar-refractivity contribution in [3.05, 3.63) is 46.5 Å². The molecule has 1 atom stereocenters. The van der Waals surface area contributed by atoms with E-state index >= 15 is 0 Å². The first kappa shape index (κ1) is 17.7. The molecule has 0 aliphatic rings. The van der Waals surface area contributed by atoms with Crippen molar-refractivity contribution in [2.75, 3.05) is 12.8 Å². The van der Waals surface area contributed by atoms with Gasteiger partial charge in [-0.2, -0.15) is 0 Å². The van der Waals surface area contributed by atoms with Gasteiger partial charge in [0.25, 0.3) is 0 Å². The predicted molar refractivity (Wildman–Crippen MR) is 89.1 cm³/mol. The summed E-state index contributed by atoms with van der Waals surface area (Å²) in [4.78, 5) is 20.4. The van der Waals surface area contributed by atoms with E-state index in [1.807, 2.05) is 0 Å². The molecule has 2 aromatic rings. The van der Waals surface area contributed by atoms with Crippen LogP contribution in [0.25, 0.3) is 0 Å². The number of halogens is 1. The molecule has 0 saturated carbocycles. The molecule has 2 rings (SSSR count). The van der Waals surface area contributed by atoms with Crippen LogP contribution in [0.15, 0.2) is 18.2 Å². The second kappa shape index (κ2) is 7.25. The number of nitrogens with zero attached hydrogens (tertiary/aromatic N) is 2. The number of hydrogen-bond acceptors (Lipinski definition) is 5. The Morgan fingerprint density at radius 1 is 1.33 bits per heavy atom. The van der Waals surface area contributed by atoms with Crippen molar-refractivity contribution >= 4 is 11.9 Å². The summed E-state index contributed by atoms with van der Waals surface area (Å²) in [6.45, 7) is 5.37. The van der Waals surface area contributed by atoms with Crippen molar-refractivity contribution in [2.24, 2.45) is 0 Å². The molecule has 128 valence electrons. The van der Waals surface area contributed by atoms with Crippen LogP contribution in [-0.4, -0.2) is 23.0 Å². The Labute approximate surface area is 140 Å². The lowest BCUT2D eigenvalue weighted by molar-refractivity contribution is -0.121. The molecule has 1 heterocycles. The maximum absolute atomic E-state index is 13.8. The van der Waals surface area contributed by atoms with Crippen LogP contribution in [0.1, 0.15) is 35.5 Å². The van der Waals surface area contributed by atoms with Crippen molar-refractivity contribution in [3.8, 4) is 5.75 Å². The number of nitrogen functional groups attached to an aromatic ring is 1. The number of amides is 1. The van der Waals surface area contributed by atoms with Gasteiger partial charge in [0.1, 0.15) is 0 Å². The average Bonchev–Trinajstić information content (AvgIpc) is 2.50. The third-order valence-electron chi connectivity index (χ3n) is 3.83. The van der Waals surface area contributed by atoms with E-state index in [0.29, 0.717) is 17.0 Å². The van der Waals surface area contributed by atoms with Crippen LogP contribution in [0.4, 0.5) is 10.3 Å². The smallest absolute Gasteiger partial charge is 0.225 e. The summed E-state index contributed by atoms with van der Waals surface area (Å²) in [5, 5.41) is 2.85. The molecule has 1 amide bonds. The minimum absolute atomic E-state index is 0.140. The van der Waals surface area contributed by atoms with E-state index < -0.39 is 5.82 Å². The Bertz CT molecular complexity index is 741. The quantitative estimate of drug-likeness (QED) is 0.876. The molecule has 0 aliphatic carbocycles. The Morgan fingerprint density at radius 2 is 1.96 bits per heavy atom. The molecule has 0 bridgehead atoms. The van der Waals surface area contributed by atoms with Crippen molar-refractivity contribution < 1.29 is 13.9 Å². The summed E-state index contributed by atoms with van der Waals surface area (Å²) >= 11 is 0. The zero-order chi connectivity index (χ0) is 17.9. The largest absolute Gasteiger partial charge is 0.494 e. The first-order valence-electron chi connectivity index (χ1n) is 7.54. The summed E-state index contributed by atoms with van der Waals surface area (Å²) in [5.74, 6) is -0.299. The lowest BCUT2D eigenvalue weighted by atomic mass is 10.1. The van der Waals surface area contributed by atoms with Gasteiger partial charge < -0.3 is 15.8 Å². The van der Waals surface area contributed by atoms with E-state index in [4.69, 9.17) is 10.5 Å². The summed E-state index contributed by atoms with van der Waals surface area (Å²) < 4.78 is 18.7. The monoisotopic (exact) mass is 332 g/mol. The maximum atomic E-state index is 13.8. The zero-order valence-electron chi connectivity index (χ0n) is 14.2. The number of ether oxygens (including phenoxy) is 1. The standard InChI is InChI=1S/C17H21FN4O2/c1-9(12-5-6-15(24-4)14(18)7-12)20-16(23)8-13-10(2)21-17(19)22-11(13)3/h5-7,9H,8H2,1-4H3,(H,20,23)(H2,19,21,22)/t9-/m1/s1. The molecular weight excluding hydrogens is 311 g/mol. The molecule has 0 spiro atoms. The molecule has 0 fully saturated rings. The highest BCUT2D eigenvalue weighted by Gasteiger charge is 2.15. The van der Waals surface area contributed by atoms with Gasteiger partial charge >= 0.3 is 0 Å². The number of methoxy groups -OCH3 is 1. The van der Waals surface area contributed by atoms with E-state index in [-0.39, 0.29) is 30.1 Å². The summed E-state index contributed by atoms with van der Waals surface area (Å²) in [7, 11) is 1.41. The fourth-order valence-electron chi connectivity index (χ4n) is 2.51. The molecule has 0 saturated heterocycles. The van der Waals surface area contributed by atoms with Gasteiger partial charge in [-0.15, -0.1) is 0 Å². The topological polar surface area (TPSA) is 90.1 Å². The normalized spacial score (nSPS) is 11.9. The van der Waals surface area contributed by atoms with Crippen LogP contribution in [0, 0.1) is 19.7 Å². The minimum Gasteiger partial charge on any atom is -0.494 e. The van der Waals surface area contributed by atoms with Gasteiger partial charge in [-0.3, -0.25) is 4.79 Å². The lowest BCUT2D eigenvalue weighted by Crippen LogP contribution is -2.29. The van der Waals surface area contributed by atoms with Crippen LogP contribution >= 0.6 is 0 Å². The zero-order valence-corrected chi connectivity index (χ0v) is 14.2. The molecule has 7 heteroatoms. The van der Waals surface area contributed by atoms with Gasteiger partial charge in [0.15, 0.2) is 11.6 Å². The number of hydrogen-bond donors (Lipinski definition) is 2. The van der Waals surface area contributed by atoms with Gasteiger partial charge in [-0.25, -0.2) is 14.4 Å². The number of aromatic nitrogens is 2. The van der Waals surface area contributed by atoms with Crippen molar-refractivity contribution in [1.82, 2.24) is 15.3 Å². The first-order chi connectivity index (χ1) is 11.3. The molecule has 1 aromatic carbocycles. The number of rotatable bonds is 5. The highest BCUT2D eigenvalue weighted by atomic mass is 19.1. The summed E-state index contributed by atoms with van der Waals surface area (Å²) in [5.41, 5.74) is 8.34. The van der Waals surface area contributed by atoms with Crippen LogP contribution in [0.3, 0.4) is 0 Å². The van der Waals surface area contributed by atoms with Gasteiger partial charge in [-0.05, 0) is 38.5 Å². The number of benzene rings is 1. The third kappa shape index (κ3) is 3.98. The number of carbonyl (C=O) groups excluding carboxylic acids is 1. The van der Waals surface area contributed by atoms with Gasteiger partial charge in [-0.1, -0.05) is 6.07 Å². The fraction of sp³-hybridized carbons (Fsp3) is 0.353.